The molecule has 1 aliphatic heterocycles. The standard InChI is InChI=1S/C19H16F3N5O2/c1-11-6-7-23-16-15(12-8-24-25-9-12)10-27(18(28)17(16)26-11)13-2-4-14(5-3-13)29-19(20,21)22/h2-5,7-11,26H,6H2,1H3,(H,24,25). The van der Waals surface area contributed by atoms with Gasteiger partial charge in [0.2, 0.25) is 0 Å². The predicted octanol–water partition coefficient (Wildman–Crippen LogP) is 4.03. The Morgan fingerprint density at radius 1 is 1.24 bits per heavy atom. The number of alkyl halides is 3. The van der Waals surface area contributed by atoms with E-state index in [-0.39, 0.29) is 17.4 Å². The van der Waals surface area contributed by atoms with Gasteiger partial charge < -0.3 is 10.1 Å². The summed E-state index contributed by atoms with van der Waals surface area (Å²) >= 11 is 0. The van der Waals surface area contributed by atoms with Crippen LogP contribution < -0.4 is 15.6 Å². The fraction of sp³-hybridized carbons (Fsp3) is 0.211. The molecule has 0 fully saturated rings. The first-order valence-corrected chi connectivity index (χ1v) is 8.76. The molecule has 2 N–H and O–H groups in total. The lowest BCUT2D eigenvalue weighted by Crippen LogP contribution is -2.25. The topological polar surface area (TPSA) is 84.3 Å². The summed E-state index contributed by atoms with van der Waals surface area (Å²) < 4.78 is 42.4. The van der Waals surface area contributed by atoms with Gasteiger partial charge in [0, 0.05) is 47.9 Å². The molecule has 2 aromatic heterocycles. The molecule has 10 heteroatoms. The second-order valence-electron chi connectivity index (χ2n) is 6.56. The summed E-state index contributed by atoms with van der Waals surface area (Å²) in [6.45, 7) is 1.93. The van der Waals surface area contributed by atoms with Gasteiger partial charge in [-0.3, -0.25) is 19.5 Å². The number of nitrogens with zero attached hydrogens (tertiary/aromatic N) is 3. The average Bonchev–Trinajstić information content (AvgIpc) is 3.11. The molecule has 3 aromatic rings. The van der Waals surface area contributed by atoms with Crippen molar-refractivity contribution in [1.82, 2.24) is 14.8 Å². The van der Waals surface area contributed by atoms with Crippen LogP contribution in [0.2, 0.25) is 0 Å². The number of fused-ring (bicyclic) bond motifs is 1. The van der Waals surface area contributed by atoms with Crippen molar-refractivity contribution in [1.29, 1.82) is 0 Å². The number of hydrogen-bond donors (Lipinski definition) is 2. The molecule has 4 rings (SSSR count). The van der Waals surface area contributed by atoms with Crippen molar-refractivity contribution in [2.45, 2.75) is 25.7 Å². The van der Waals surface area contributed by atoms with Crippen molar-refractivity contribution < 1.29 is 17.9 Å². The molecule has 150 valence electrons. The Morgan fingerprint density at radius 3 is 2.66 bits per heavy atom. The molecule has 1 atom stereocenters. The van der Waals surface area contributed by atoms with Gasteiger partial charge >= 0.3 is 6.36 Å². The maximum absolute atomic E-state index is 13.1. The number of aromatic amines is 1. The molecular formula is C19H16F3N5O2. The number of ether oxygens (including phenoxy) is 1. The molecule has 1 aromatic carbocycles. The zero-order valence-corrected chi connectivity index (χ0v) is 15.2. The molecule has 0 radical (unpaired) electrons. The Labute approximate surface area is 162 Å². The van der Waals surface area contributed by atoms with Crippen molar-refractivity contribution in [3.63, 3.8) is 0 Å². The Kier molecular flexibility index (Phi) is 4.61. The highest BCUT2D eigenvalue weighted by atomic mass is 19.4. The summed E-state index contributed by atoms with van der Waals surface area (Å²) in [7, 11) is 0. The first-order valence-electron chi connectivity index (χ1n) is 8.76. The second kappa shape index (κ2) is 7.12. The van der Waals surface area contributed by atoms with Crippen LogP contribution in [-0.2, 0) is 0 Å². The van der Waals surface area contributed by atoms with Gasteiger partial charge in [0.15, 0.2) is 0 Å². The number of benzene rings is 1. The highest BCUT2D eigenvalue weighted by Crippen LogP contribution is 2.36. The van der Waals surface area contributed by atoms with Gasteiger partial charge in [-0.2, -0.15) is 5.10 Å². The van der Waals surface area contributed by atoms with E-state index in [1.54, 1.807) is 24.8 Å². The molecule has 0 bridgehead atoms. The Balaban J connectivity index is 1.86. The van der Waals surface area contributed by atoms with Crippen LogP contribution in [0.3, 0.4) is 0 Å². The van der Waals surface area contributed by atoms with Crippen LogP contribution in [0.5, 0.6) is 5.75 Å². The van der Waals surface area contributed by atoms with E-state index in [4.69, 9.17) is 0 Å². The summed E-state index contributed by atoms with van der Waals surface area (Å²) in [6, 6.07) is 5.08. The van der Waals surface area contributed by atoms with E-state index in [0.717, 1.165) is 17.7 Å². The molecule has 3 heterocycles. The third kappa shape index (κ3) is 3.86. The number of aliphatic imine (C=N–C) groups is 1. The van der Waals surface area contributed by atoms with Crippen LogP contribution in [0.25, 0.3) is 16.8 Å². The quantitative estimate of drug-likeness (QED) is 0.692. The van der Waals surface area contributed by atoms with E-state index in [9.17, 15) is 18.0 Å². The number of pyridine rings is 1. The van der Waals surface area contributed by atoms with Crippen molar-refractivity contribution in [2.75, 3.05) is 5.32 Å². The monoisotopic (exact) mass is 403 g/mol. The second-order valence-corrected chi connectivity index (χ2v) is 6.56. The van der Waals surface area contributed by atoms with E-state index in [2.05, 4.69) is 25.2 Å². The average molecular weight is 403 g/mol. The summed E-state index contributed by atoms with van der Waals surface area (Å²) in [5, 5.41) is 9.86. The predicted molar refractivity (Wildman–Crippen MR) is 102 cm³/mol. The summed E-state index contributed by atoms with van der Waals surface area (Å²) in [5.74, 6) is -0.365. The van der Waals surface area contributed by atoms with E-state index in [0.29, 0.717) is 29.0 Å². The highest BCUT2D eigenvalue weighted by Gasteiger charge is 2.31. The van der Waals surface area contributed by atoms with Gasteiger partial charge in [0.25, 0.3) is 5.56 Å². The first-order chi connectivity index (χ1) is 13.8. The summed E-state index contributed by atoms with van der Waals surface area (Å²) in [5.41, 5.74) is 2.22. The van der Waals surface area contributed by atoms with E-state index in [1.807, 2.05) is 6.92 Å². The van der Waals surface area contributed by atoms with Crippen LogP contribution in [0.1, 0.15) is 13.3 Å². The maximum atomic E-state index is 13.1. The normalized spacial score (nSPS) is 16.1. The number of hydrogen-bond acceptors (Lipinski definition) is 5. The third-order valence-electron chi connectivity index (χ3n) is 4.41. The lowest BCUT2D eigenvalue weighted by molar-refractivity contribution is -0.274. The van der Waals surface area contributed by atoms with Crippen LogP contribution >= 0.6 is 0 Å². The Hall–Kier alpha value is -3.56. The van der Waals surface area contributed by atoms with Crippen LogP contribution in [0, 0.1) is 0 Å². The van der Waals surface area contributed by atoms with E-state index in [1.165, 1.54) is 16.7 Å². The molecule has 1 unspecified atom stereocenters. The van der Waals surface area contributed by atoms with Crippen molar-refractivity contribution in [3.05, 3.63) is 53.2 Å². The number of halogens is 3. The van der Waals surface area contributed by atoms with E-state index >= 15 is 0 Å². The van der Waals surface area contributed by atoms with Crippen LogP contribution in [0.15, 0.2) is 52.6 Å². The van der Waals surface area contributed by atoms with Crippen LogP contribution in [0.4, 0.5) is 24.5 Å². The smallest absolute Gasteiger partial charge is 0.406 e. The zero-order valence-electron chi connectivity index (χ0n) is 15.2. The SMILES string of the molecule is CC1CC=Nc2c(-c3cn[nH]c3)cn(-c3ccc(OC(F)(F)F)cc3)c(=O)c2N1. The van der Waals surface area contributed by atoms with E-state index < -0.39 is 6.36 Å². The molecule has 0 amide bonds. The number of anilines is 1. The maximum Gasteiger partial charge on any atom is 0.573 e. The number of rotatable bonds is 3. The summed E-state index contributed by atoms with van der Waals surface area (Å²) in [6.07, 6.45) is 2.49. The third-order valence-corrected chi connectivity index (χ3v) is 4.41. The molecule has 0 saturated heterocycles. The summed E-state index contributed by atoms with van der Waals surface area (Å²) in [4.78, 5) is 17.6. The molecule has 0 spiro atoms. The zero-order chi connectivity index (χ0) is 20.6. The van der Waals surface area contributed by atoms with Crippen molar-refractivity contribution in [3.8, 4) is 22.6 Å². The molecule has 7 nitrogen and oxygen atoms in total. The number of H-pyrrole nitrogens is 1. The molecule has 0 saturated carbocycles. The lowest BCUT2D eigenvalue weighted by atomic mass is 10.1. The minimum Gasteiger partial charge on any atom is -0.406 e. The fourth-order valence-corrected chi connectivity index (χ4v) is 3.09. The Morgan fingerprint density at radius 2 is 2.00 bits per heavy atom. The molecule has 29 heavy (non-hydrogen) atoms. The van der Waals surface area contributed by atoms with Gasteiger partial charge in [-0.15, -0.1) is 13.2 Å². The van der Waals surface area contributed by atoms with Gasteiger partial charge in [0.05, 0.1) is 6.20 Å². The number of nitrogens with one attached hydrogen (secondary N) is 2. The van der Waals surface area contributed by atoms with Gasteiger partial charge in [-0.25, -0.2) is 0 Å². The minimum absolute atomic E-state index is 0.0108. The van der Waals surface area contributed by atoms with Crippen LogP contribution in [-0.4, -0.2) is 33.4 Å². The largest absolute Gasteiger partial charge is 0.573 e. The van der Waals surface area contributed by atoms with Gasteiger partial charge in [0.1, 0.15) is 17.1 Å². The highest BCUT2D eigenvalue weighted by molar-refractivity contribution is 5.87. The Bertz CT molecular complexity index is 1100. The minimum atomic E-state index is -4.78. The first kappa shape index (κ1) is 18.8. The van der Waals surface area contributed by atoms with Gasteiger partial charge in [-0.05, 0) is 31.2 Å². The van der Waals surface area contributed by atoms with Crippen molar-refractivity contribution in [2.24, 2.45) is 4.99 Å². The fourth-order valence-electron chi connectivity index (χ4n) is 3.09. The van der Waals surface area contributed by atoms with Gasteiger partial charge in [-0.1, -0.05) is 0 Å². The molecule has 0 aliphatic carbocycles. The molecular weight excluding hydrogens is 387 g/mol. The number of aromatic nitrogens is 3. The molecule has 1 aliphatic rings. The van der Waals surface area contributed by atoms with Crippen molar-refractivity contribution >= 4 is 17.6 Å². The lowest BCUT2D eigenvalue weighted by Gasteiger charge is -2.17.